The minimum Gasteiger partial charge on any atom is -0.393 e. The number of carbonyl (C=O) groups excluding carboxylic acids is 1. The standard InChI is InChI=1S/C18H25BrN4O2/c19-13-11-20-17(21-12-13)22-8-5-18(6-9-22)7-10-23(16(18)25)14-1-3-15(24)4-2-14/h11-12,14-15,24H,1-10H2. The van der Waals surface area contributed by atoms with Crippen molar-refractivity contribution < 1.29 is 9.90 Å². The number of nitrogens with zero attached hydrogens (tertiary/aromatic N) is 4. The Morgan fingerprint density at radius 2 is 1.64 bits per heavy atom. The van der Waals surface area contributed by atoms with E-state index in [9.17, 15) is 9.90 Å². The number of rotatable bonds is 2. The van der Waals surface area contributed by atoms with Crippen molar-refractivity contribution in [1.82, 2.24) is 14.9 Å². The summed E-state index contributed by atoms with van der Waals surface area (Å²) in [6.45, 7) is 2.56. The molecule has 1 aliphatic carbocycles. The number of hydrogen-bond donors (Lipinski definition) is 1. The van der Waals surface area contributed by atoms with E-state index >= 15 is 0 Å². The normalized spacial score (nSPS) is 29.4. The molecule has 0 radical (unpaired) electrons. The molecule has 0 atom stereocenters. The highest BCUT2D eigenvalue weighted by molar-refractivity contribution is 9.10. The minimum atomic E-state index is -0.179. The lowest BCUT2D eigenvalue weighted by atomic mass is 9.77. The molecule has 1 saturated carbocycles. The predicted molar refractivity (Wildman–Crippen MR) is 98.2 cm³/mol. The topological polar surface area (TPSA) is 69.6 Å². The quantitative estimate of drug-likeness (QED) is 0.812. The first-order valence-electron chi connectivity index (χ1n) is 9.29. The zero-order valence-corrected chi connectivity index (χ0v) is 16.0. The molecule has 3 fully saturated rings. The van der Waals surface area contributed by atoms with Gasteiger partial charge in [-0.05, 0) is 60.9 Å². The molecule has 0 aromatic carbocycles. The molecule has 6 nitrogen and oxygen atoms in total. The second kappa shape index (κ2) is 6.83. The average molecular weight is 409 g/mol. The van der Waals surface area contributed by atoms with Gasteiger partial charge in [0.1, 0.15) is 0 Å². The highest BCUT2D eigenvalue weighted by atomic mass is 79.9. The number of amides is 1. The molecule has 2 saturated heterocycles. The largest absolute Gasteiger partial charge is 0.393 e. The Labute approximate surface area is 156 Å². The Balaban J connectivity index is 1.39. The van der Waals surface area contributed by atoms with E-state index in [0.29, 0.717) is 11.9 Å². The second-order valence-electron chi connectivity index (χ2n) is 7.68. The van der Waals surface area contributed by atoms with Crippen LogP contribution in [0.15, 0.2) is 16.9 Å². The first kappa shape index (κ1) is 17.2. The average Bonchev–Trinajstić information content (AvgIpc) is 2.94. The predicted octanol–water partition coefficient (Wildman–Crippen LogP) is 2.36. The summed E-state index contributed by atoms with van der Waals surface area (Å²) in [5.74, 6) is 1.10. The molecule has 1 spiro atoms. The third-order valence-electron chi connectivity index (χ3n) is 6.26. The van der Waals surface area contributed by atoms with Gasteiger partial charge in [-0.25, -0.2) is 9.97 Å². The minimum absolute atomic E-state index is 0.169. The molecule has 25 heavy (non-hydrogen) atoms. The lowest BCUT2D eigenvalue weighted by molar-refractivity contribution is -0.139. The molecule has 4 rings (SSSR count). The van der Waals surface area contributed by atoms with E-state index in [1.165, 1.54) is 0 Å². The lowest BCUT2D eigenvalue weighted by Crippen LogP contribution is -2.47. The summed E-state index contributed by atoms with van der Waals surface area (Å²) in [4.78, 5) is 26.2. The smallest absolute Gasteiger partial charge is 0.229 e. The third-order valence-corrected chi connectivity index (χ3v) is 6.67. The molecule has 3 heterocycles. The van der Waals surface area contributed by atoms with Crippen molar-refractivity contribution in [2.24, 2.45) is 5.41 Å². The van der Waals surface area contributed by atoms with Gasteiger partial charge in [0, 0.05) is 38.1 Å². The SMILES string of the molecule is O=C1N(C2CCC(O)CC2)CCC12CCN(c1ncc(Br)cn1)CC2. The van der Waals surface area contributed by atoms with Gasteiger partial charge in [0.2, 0.25) is 11.9 Å². The maximum atomic E-state index is 13.2. The van der Waals surface area contributed by atoms with Crippen LogP contribution in [0.2, 0.25) is 0 Å². The number of piperidine rings is 1. The Morgan fingerprint density at radius 1 is 1.04 bits per heavy atom. The number of carbonyl (C=O) groups is 1. The van der Waals surface area contributed by atoms with Crippen LogP contribution in [0.4, 0.5) is 5.95 Å². The van der Waals surface area contributed by atoms with Crippen LogP contribution in [-0.2, 0) is 4.79 Å². The van der Waals surface area contributed by atoms with Gasteiger partial charge < -0.3 is 14.9 Å². The Morgan fingerprint density at radius 3 is 2.28 bits per heavy atom. The summed E-state index contributed by atoms with van der Waals surface area (Å²) in [7, 11) is 0. The van der Waals surface area contributed by atoms with Crippen LogP contribution in [-0.4, -0.2) is 57.7 Å². The Bertz CT molecular complexity index is 622. The fourth-order valence-electron chi connectivity index (χ4n) is 4.63. The molecule has 136 valence electrons. The molecule has 3 aliphatic rings. The number of aliphatic hydroxyl groups excluding tert-OH is 1. The van der Waals surface area contributed by atoms with Gasteiger partial charge in [0.05, 0.1) is 16.0 Å². The molecule has 1 aromatic rings. The van der Waals surface area contributed by atoms with Crippen molar-refractivity contribution >= 4 is 27.8 Å². The number of likely N-dealkylation sites (tertiary alicyclic amines) is 1. The summed E-state index contributed by atoms with van der Waals surface area (Å²) in [5, 5.41) is 9.71. The van der Waals surface area contributed by atoms with Gasteiger partial charge in [-0.15, -0.1) is 0 Å². The number of anilines is 1. The molecule has 0 bridgehead atoms. The molecule has 7 heteroatoms. The number of aliphatic hydroxyl groups is 1. The van der Waals surface area contributed by atoms with Crippen molar-refractivity contribution in [3.63, 3.8) is 0 Å². The highest BCUT2D eigenvalue weighted by Crippen LogP contribution is 2.44. The second-order valence-corrected chi connectivity index (χ2v) is 8.60. The monoisotopic (exact) mass is 408 g/mol. The zero-order valence-electron chi connectivity index (χ0n) is 14.4. The summed E-state index contributed by atoms with van der Waals surface area (Å²) in [6, 6.07) is 0.336. The van der Waals surface area contributed by atoms with E-state index in [4.69, 9.17) is 0 Å². The van der Waals surface area contributed by atoms with Gasteiger partial charge >= 0.3 is 0 Å². The van der Waals surface area contributed by atoms with E-state index in [1.807, 2.05) is 0 Å². The fourth-order valence-corrected chi connectivity index (χ4v) is 4.84. The van der Waals surface area contributed by atoms with Crippen LogP contribution in [0, 0.1) is 5.41 Å². The van der Waals surface area contributed by atoms with Crippen molar-refractivity contribution in [1.29, 1.82) is 0 Å². The first-order chi connectivity index (χ1) is 12.1. The van der Waals surface area contributed by atoms with Crippen molar-refractivity contribution in [3.05, 3.63) is 16.9 Å². The molecule has 1 aromatic heterocycles. The third kappa shape index (κ3) is 3.28. The van der Waals surface area contributed by atoms with Crippen LogP contribution in [0.5, 0.6) is 0 Å². The maximum Gasteiger partial charge on any atom is 0.229 e. The van der Waals surface area contributed by atoms with Gasteiger partial charge in [-0.2, -0.15) is 0 Å². The van der Waals surface area contributed by atoms with E-state index in [1.54, 1.807) is 12.4 Å². The molecular formula is C18H25BrN4O2. The Kier molecular flexibility index (Phi) is 4.71. The van der Waals surface area contributed by atoms with Crippen LogP contribution in [0.3, 0.4) is 0 Å². The van der Waals surface area contributed by atoms with E-state index in [2.05, 4.69) is 35.7 Å². The van der Waals surface area contributed by atoms with Crippen LogP contribution in [0.25, 0.3) is 0 Å². The lowest BCUT2D eigenvalue weighted by Gasteiger charge is -2.39. The van der Waals surface area contributed by atoms with Crippen LogP contribution < -0.4 is 4.90 Å². The van der Waals surface area contributed by atoms with Crippen LogP contribution >= 0.6 is 15.9 Å². The summed E-state index contributed by atoms with van der Waals surface area (Å²) < 4.78 is 0.879. The molecule has 2 aliphatic heterocycles. The van der Waals surface area contributed by atoms with Gasteiger partial charge in [0.25, 0.3) is 0 Å². The Hall–Kier alpha value is -1.21. The van der Waals surface area contributed by atoms with Crippen molar-refractivity contribution in [2.75, 3.05) is 24.5 Å². The van der Waals surface area contributed by atoms with Gasteiger partial charge in [0.15, 0.2) is 0 Å². The molecule has 1 amide bonds. The van der Waals surface area contributed by atoms with Crippen LogP contribution in [0.1, 0.15) is 44.9 Å². The van der Waals surface area contributed by atoms with Crippen molar-refractivity contribution in [3.8, 4) is 0 Å². The van der Waals surface area contributed by atoms with E-state index < -0.39 is 0 Å². The van der Waals surface area contributed by atoms with Gasteiger partial charge in [-0.1, -0.05) is 0 Å². The fraction of sp³-hybridized carbons (Fsp3) is 0.722. The molecule has 0 unspecified atom stereocenters. The highest BCUT2D eigenvalue weighted by Gasteiger charge is 2.50. The van der Waals surface area contributed by atoms with E-state index in [-0.39, 0.29) is 11.5 Å². The number of halogens is 1. The number of hydrogen-bond acceptors (Lipinski definition) is 5. The van der Waals surface area contributed by atoms with Crippen molar-refractivity contribution in [2.45, 2.75) is 57.1 Å². The zero-order chi connectivity index (χ0) is 17.4. The van der Waals surface area contributed by atoms with Gasteiger partial charge in [-0.3, -0.25) is 4.79 Å². The molecule has 1 N–H and O–H groups in total. The number of aromatic nitrogens is 2. The molecular weight excluding hydrogens is 384 g/mol. The summed E-state index contributed by atoms with van der Waals surface area (Å²) in [5.41, 5.74) is -0.179. The first-order valence-corrected chi connectivity index (χ1v) is 10.1. The summed E-state index contributed by atoms with van der Waals surface area (Å²) in [6.07, 6.45) is 9.67. The van der Waals surface area contributed by atoms with E-state index in [0.717, 1.165) is 75.0 Å². The maximum absolute atomic E-state index is 13.2. The summed E-state index contributed by atoms with van der Waals surface area (Å²) >= 11 is 3.36.